The molecule has 0 unspecified atom stereocenters. The highest BCUT2D eigenvalue weighted by atomic mass is 32.2. The van der Waals surface area contributed by atoms with Crippen LogP contribution in [0.4, 0.5) is 0 Å². The van der Waals surface area contributed by atoms with Crippen LogP contribution >= 0.6 is 11.3 Å². The summed E-state index contributed by atoms with van der Waals surface area (Å²) in [4.78, 5) is 16.7. The highest BCUT2D eigenvalue weighted by Gasteiger charge is 2.14. The molecule has 1 amide bonds. The Kier molecular flexibility index (Phi) is 5.51. The van der Waals surface area contributed by atoms with Crippen molar-refractivity contribution in [3.8, 4) is 0 Å². The van der Waals surface area contributed by atoms with Gasteiger partial charge >= 0.3 is 0 Å². The van der Waals surface area contributed by atoms with Gasteiger partial charge < -0.3 is 5.32 Å². The van der Waals surface area contributed by atoms with Gasteiger partial charge in [-0.05, 0) is 38.2 Å². The number of nitrogens with zero attached hydrogens (tertiary/aromatic N) is 1. The van der Waals surface area contributed by atoms with E-state index in [0.717, 1.165) is 10.7 Å². The molecule has 8 heteroatoms. The SMILES string of the molecule is CNS(=O)(=O)c1ccc(C(=O)NC[C@H](C)c2nc(C)cs2)cc1. The van der Waals surface area contributed by atoms with Crippen molar-refractivity contribution in [1.29, 1.82) is 0 Å². The number of aryl methyl sites for hydroxylation is 1. The van der Waals surface area contributed by atoms with Crippen molar-refractivity contribution in [2.75, 3.05) is 13.6 Å². The van der Waals surface area contributed by atoms with E-state index in [1.165, 1.54) is 31.3 Å². The molecule has 124 valence electrons. The molecule has 0 radical (unpaired) electrons. The minimum absolute atomic E-state index is 0.126. The molecule has 0 saturated heterocycles. The van der Waals surface area contributed by atoms with Gasteiger partial charge in [0.25, 0.3) is 5.91 Å². The fourth-order valence-corrected chi connectivity index (χ4v) is 3.52. The van der Waals surface area contributed by atoms with Gasteiger partial charge in [0.15, 0.2) is 0 Å². The quantitative estimate of drug-likeness (QED) is 0.830. The number of hydrogen-bond acceptors (Lipinski definition) is 5. The summed E-state index contributed by atoms with van der Waals surface area (Å²) >= 11 is 1.58. The largest absolute Gasteiger partial charge is 0.351 e. The van der Waals surface area contributed by atoms with E-state index in [9.17, 15) is 13.2 Å². The number of carbonyl (C=O) groups is 1. The van der Waals surface area contributed by atoms with Gasteiger partial charge in [-0.1, -0.05) is 6.92 Å². The molecule has 2 N–H and O–H groups in total. The summed E-state index contributed by atoms with van der Waals surface area (Å²) in [5, 5.41) is 5.81. The molecule has 1 aromatic heterocycles. The van der Waals surface area contributed by atoms with E-state index in [0.29, 0.717) is 12.1 Å². The maximum atomic E-state index is 12.1. The highest BCUT2D eigenvalue weighted by Crippen LogP contribution is 2.19. The van der Waals surface area contributed by atoms with E-state index in [2.05, 4.69) is 15.0 Å². The van der Waals surface area contributed by atoms with Crippen LogP contribution in [-0.2, 0) is 10.0 Å². The summed E-state index contributed by atoms with van der Waals surface area (Å²) in [7, 11) is -2.14. The van der Waals surface area contributed by atoms with Gasteiger partial charge in [0.2, 0.25) is 10.0 Å². The maximum absolute atomic E-state index is 12.1. The van der Waals surface area contributed by atoms with Crippen molar-refractivity contribution >= 4 is 27.3 Å². The van der Waals surface area contributed by atoms with E-state index in [1.54, 1.807) is 11.3 Å². The summed E-state index contributed by atoms with van der Waals surface area (Å²) in [6.07, 6.45) is 0. The zero-order valence-electron chi connectivity index (χ0n) is 13.2. The number of carbonyl (C=O) groups excluding carboxylic acids is 1. The normalized spacial score (nSPS) is 12.8. The highest BCUT2D eigenvalue weighted by molar-refractivity contribution is 7.89. The van der Waals surface area contributed by atoms with Crippen molar-refractivity contribution in [1.82, 2.24) is 15.0 Å². The predicted octanol–water partition coefficient (Wildman–Crippen LogP) is 1.89. The van der Waals surface area contributed by atoms with Gasteiger partial charge in [-0.3, -0.25) is 4.79 Å². The molecule has 0 aliphatic carbocycles. The zero-order chi connectivity index (χ0) is 17.0. The van der Waals surface area contributed by atoms with Crippen LogP contribution in [0, 0.1) is 6.92 Å². The lowest BCUT2D eigenvalue weighted by Gasteiger charge is -2.10. The van der Waals surface area contributed by atoms with E-state index in [4.69, 9.17) is 0 Å². The predicted molar refractivity (Wildman–Crippen MR) is 90.3 cm³/mol. The second-order valence-electron chi connectivity index (χ2n) is 5.17. The van der Waals surface area contributed by atoms with Crippen LogP contribution < -0.4 is 10.0 Å². The molecule has 2 rings (SSSR count). The Morgan fingerprint density at radius 1 is 1.30 bits per heavy atom. The number of hydrogen-bond donors (Lipinski definition) is 2. The lowest BCUT2D eigenvalue weighted by atomic mass is 10.1. The summed E-state index contributed by atoms with van der Waals surface area (Å²) in [6, 6.07) is 5.82. The number of sulfonamides is 1. The molecule has 6 nitrogen and oxygen atoms in total. The first-order valence-corrected chi connectivity index (χ1v) is 9.43. The Hall–Kier alpha value is -1.77. The number of amides is 1. The minimum Gasteiger partial charge on any atom is -0.351 e. The van der Waals surface area contributed by atoms with Crippen LogP contribution in [-0.4, -0.2) is 32.9 Å². The third kappa shape index (κ3) is 4.37. The van der Waals surface area contributed by atoms with Gasteiger partial charge in [-0.15, -0.1) is 11.3 Å². The number of benzene rings is 1. The van der Waals surface area contributed by atoms with E-state index in [-0.39, 0.29) is 16.7 Å². The van der Waals surface area contributed by atoms with Gasteiger partial charge in [-0.25, -0.2) is 18.1 Å². The standard InChI is InChI=1S/C15H19N3O3S2/c1-10(15-18-11(2)9-22-15)8-17-14(19)12-4-6-13(7-5-12)23(20,21)16-3/h4-7,9-10,16H,8H2,1-3H3,(H,17,19)/t10-/m0/s1. The molecule has 0 aliphatic rings. The van der Waals surface area contributed by atoms with Gasteiger partial charge in [0.05, 0.1) is 9.90 Å². The van der Waals surface area contributed by atoms with Crippen LogP contribution in [0.15, 0.2) is 34.5 Å². The molecule has 1 heterocycles. The maximum Gasteiger partial charge on any atom is 0.251 e. The lowest BCUT2D eigenvalue weighted by Crippen LogP contribution is -2.27. The van der Waals surface area contributed by atoms with Crippen molar-refractivity contribution in [2.45, 2.75) is 24.7 Å². The minimum atomic E-state index is -3.49. The topological polar surface area (TPSA) is 88.2 Å². The van der Waals surface area contributed by atoms with Crippen LogP contribution in [0.1, 0.15) is 33.9 Å². The fraction of sp³-hybridized carbons (Fsp3) is 0.333. The molecule has 0 saturated carbocycles. The average molecular weight is 353 g/mol. The Labute approximate surface area is 140 Å². The van der Waals surface area contributed by atoms with Crippen molar-refractivity contribution in [3.63, 3.8) is 0 Å². The van der Waals surface area contributed by atoms with Crippen molar-refractivity contribution < 1.29 is 13.2 Å². The van der Waals surface area contributed by atoms with E-state index >= 15 is 0 Å². The number of aromatic nitrogens is 1. The lowest BCUT2D eigenvalue weighted by molar-refractivity contribution is 0.0951. The summed E-state index contributed by atoms with van der Waals surface area (Å²) in [6.45, 7) is 4.41. The molecular weight excluding hydrogens is 334 g/mol. The Morgan fingerprint density at radius 2 is 1.96 bits per heavy atom. The van der Waals surface area contributed by atoms with E-state index < -0.39 is 10.0 Å². The monoisotopic (exact) mass is 353 g/mol. The third-order valence-electron chi connectivity index (χ3n) is 3.32. The Bertz CT molecular complexity index is 783. The van der Waals surface area contributed by atoms with Crippen LogP contribution in [0.25, 0.3) is 0 Å². The molecule has 2 aromatic rings. The molecule has 1 aromatic carbocycles. The van der Waals surface area contributed by atoms with Gasteiger partial charge in [0.1, 0.15) is 0 Å². The van der Waals surface area contributed by atoms with Gasteiger partial charge in [-0.2, -0.15) is 0 Å². The van der Waals surface area contributed by atoms with Crippen molar-refractivity contribution in [3.05, 3.63) is 45.9 Å². The first kappa shape index (κ1) is 17.6. The molecule has 23 heavy (non-hydrogen) atoms. The fourth-order valence-electron chi connectivity index (χ4n) is 1.94. The first-order valence-electron chi connectivity index (χ1n) is 7.07. The molecule has 0 fully saturated rings. The molecule has 0 spiro atoms. The number of nitrogens with one attached hydrogen (secondary N) is 2. The van der Waals surface area contributed by atoms with Crippen molar-refractivity contribution in [2.24, 2.45) is 0 Å². The Morgan fingerprint density at radius 3 is 2.48 bits per heavy atom. The third-order valence-corrected chi connectivity index (χ3v) is 5.95. The van der Waals surface area contributed by atoms with Crippen LogP contribution in [0.2, 0.25) is 0 Å². The summed E-state index contributed by atoms with van der Waals surface area (Å²) in [5.41, 5.74) is 1.40. The second-order valence-corrected chi connectivity index (χ2v) is 7.95. The Balaban J connectivity index is 1.98. The average Bonchev–Trinajstić information content (AvgIpc) is 2.99. The molecule has 0 bridgehead atoms. The summed E-state index contributed by atoms with van der Waals surface area (Å²) in [5.74, 6) is -0.111. The smallest absolute Gasteiger partial charge is 0.251 e. The first-order chi connectivity index (χ1) is 10.8. The van der Waals surface area contributed by atoms with Crippen LogP contribution in [0.3, 0.4) is 0 Å². The summed E-state index contributed by atoms with van der Waals surface area (Å²) < 4.78 is 25.5. The molecule has 0 aliphatic heterocycles. The van der Waals surface area contributed by atoms with E-state index in [1.807, 2.05) is 19.2 Å². The molecular formula is C15H19N3O3S2. The van der Waals surface area contributed by atoms with Gasteiger partial charge in [0, 0.05) is 29.1 Å². The zero-order valence-corrected chi connectivity index (χ0v) is 14.8. The second kappa shape index (κ2) is 7.20. The van der Waals surface area contributed by atoms with Crippen LogP contribution in [0.5, 0.6) is 0 Å². The number of thiazole rings is 1. The molecule has 1 atom stereocenters. The number of rotatable bonds is 6.